The number of carbonyl (C=O) groups excluding carboxylic acids is 1. The van der Waals surface area contributed by atoms with Gasteiger partial charge < -0.3 is 15.8 Å². The lowest BCUT2D eigenvalue weighted by molar-refractivity contribution is 0.0872. The largest absolute Gasteiger partial charge is 0.383 e. The Morgan fingerprint density at radius 1 is 1.73 bits per heavy atom. The van der Waals surface area contributed by atoms with E-state index < -0.39 is 0 Å². The van der Waals surface area contributed by atoms with Crippen molar-refractivity contribution in [3.05, 3.63) is 11.8 Å². The number of thioether (sulfide) groups is 1. The van der Waals surface area contributed by atoms with Crippen LogP contribution in [0.5, 0.6) is 0 Å². The Hall–Kier alpha value is -1.34. The van der Waals surface area contributed by atoms with Gasteiger partial charge in [-0.2, -0.15) is 0 Å². The second-order valence-electron chi connectivity index (χ2n) is 2.59. The summed E-state index contributed by atoms with van der Waals surface area (Å²) in [4.78, 5) is 19.4. The zero-order valence-electron chi connectivity index (χ0n) is 8.48. The number of amides is 1. The van der Waals surface area contributed by atoms with Crippen molar-refractivity contribution in [2.75, 3.05) is 25.8 Å². The maximum Gasteiger partial charge on any atom is 0.258 e. The average Bonchev–Trinajstić information content (AvgIpc) is 2.25. The molecule has 15 heavy (non-hydrogen) atoms. The minimum Gasteiger partial charge on any atom is -0.383 e. The van der Waals surface area contributed by atoms with Gasteiger partial charge in [0.25, 0.3) is 5.91 Å². The molecule has 0 spiro atoms. The van der Waals surface area contributed by atoms with Gasteiger partial charge in [-0.3, -0.25) is 4.79 Å². The van der Waals surface area contributed by atoms with Crippen LogP contribution in [-0.2, 0) is 4.74 Å². The summed E-state index contributed by atoms with van der Waals surface area (Å²) >= 11 is 1.36. The van der Waals surface area contributed by atoms with Crippen molar-refractivity contribution in [3.63, 3.8) is 0 Å². The second-order valence-corrected chi connectivity index (χ2v) is 3.37. The molecule has 1 amide bonds. The molecule has 1 rings (SSSR count). The number of nitrogens with two attached hydrogens (primary N) is 1. The van der Waals surface area contributed by atoms with Crippen LogP contribution in [-0.4, -0.2) is 36.0 Å². The molecular formula is C8H12N4O2S. The molecule has 0 bridgehead atoms. The topological polar surface area (TPSA) is 90.1 Å². The third-order valence-electron chi connectivity index (χ3n) is 1.60. The number of hydrogen-bond acceptors (Lipinski definition) is 6. The average molecular weight is 228 g/mol. The van der Waals surface area contributed by atoms with E-state index in [1.165, 1.54) is 25.1 Å². The predicted octanol–water partition coefficient (Wildman–Crippen LogP) is 0.114. The Balaban J connectivity index is 2.81. The van der Waals surface area contributed by atoms with Crippen LogP contribution in [0.25, 0.3) is 0 Å². The van der Waals surface area contributed by atoms with Gasteiger partial charge in [0.1, 0.15) is 12.5 Å². The second kappa shape index (κ2) is 5.52. The maximum atomic E-state index is 11.5. The SMILES string of the molecule is COCNC(=O)c1cnc(SC)nc1N. The molecule has 0 aliphatic heterocycles. The number of nitrogen functional groups attached to an aromatic ring is 1. The van der Waals surface area contributed by atoms with Gasteiger partial charge in [0, 0.05) is 13.3 Å². The summed E-state index contributed by atoms with van der Waals surface area (Å²) in [5.74, 6) is -0.176. The number of anilines is 1. The molecule has 1 aromatic rings. The molecular weight excluding hydrogens is 216 g/mol. The van der Waals surface area contributed by atoms with Crippen LogP contribution < -0.4 is 11.1 Å². The number of aromatic nitrogens is 2. The highest BCUT2D eigenvalue weighted by Gasteiger charge is 2.11. The zero-order chi connectivity index (χ0) is 11.3. The van der Waals surface area contributed by atoms with Gasteiger partial charge >= 0.3 is 0 Å². The number of nitrogens with zero attached hydrogens (tertiary/aromatic N) is 2. The Labute approximate surface area is 91.6 Å². The summed E-state index contributed by atoms with van der Waals surface area (Å²) < 4.78 is 4.70. The van der Waals surface area contributed by atoms with Crippen LogP contribution >= 0.6 is 11.8 Å². The van der Waals surface area contributed by atoms with E-state index in [0.29, 0.717) is 5.16 Å². The summed E-state index contributed by atoms with van der Waals surface area (Å²) in [5, 5.41) is 3.04. The van der Waals surface area contributed by atoms with E-state index in [-0.39, 0.29) is 24.0 Å². The quantitative estimate of drug-likeness (QED) is 0.432. The molecule has 0 aliphatic rings. The zero-order valence-corrected chi connectivity index (χ0v) is 9.30. The molecule has 0 aliphatic carbocycles. The van der Waals surface area contributed by atoms with Gasteiger partial charge in [-0.15, -0.1) is 0 Å². The number of rotatable bonds is 4. The molecule has 1 heterocycles. The third kappa shape index (κ3) is 3.07. The molecule has 0 radical (unpaired) electrons. The normalized spacial score (nSPS) is 10.0. The van der Waals surface area contributed by atoms with Crippen LogP contribution in [0.2, 0.25) is 0 Å². The summed E-state index contributed by atoms with van der Waals surface area (Å²) in [6, 6.07) is 0. The standard InChI is InChI=1S/C8H12N4O2S/c1-14-4-11-7(13)5-3-10-8(15-2)12-6(5)9/h3H,4H2,1-2H3,(H,11,13)(H2,9,10,12). The van der Waals surface area contributed by atoms with Crippen molar-refractivity contribution in [2.24, 2.45) is 0 Å². The van der Waals surface area contributed by atoms with E-state index in [1.54, 1.807) is 0 Å². The first-order valence-corrected chi connectivity index (χ1v) is 5.35. The Morgan fingerprint density at radius 2 is 2.47 bits per heavy atom. The number of ether oxygens (including phenoxy) is 1. The highest BCUT2D eigenvalue weighted by molar-refractivity contribution is 7.98. The van der Waals surface area contributed by atoms with Crippen molar-refractivity contribution < 1.29 is 9.53 Å². The maximum absolute atomic E-state index is 11.5. The van der Waals surface area contributed by atoms with Crippen LogP contribution in [0, 0.1) is 0 Å². The Bertz CT molecular complexity index is 358. The summed E-state index contributed by atoms with van der Waals surface area (Å²) in [7, 11) is 1.48. The van der Waals surface area contributed by atoms with Gasteiger partial charge in [-0.05, 0) is 6.26 Å². The molecule has 0 atom stereocenters. The summed E-state index contributed by atoms with van der Waals surface area (Å²) in [6.45, 7) is 0.128. The molecule has 3 N–H and O–H groups in total. The lowest BCUT2D eigenvalue weighted by Crippen LogP contribution is -2.26. The molecule has 0 aromatic carbocycles. The van der Waals surface area contributed by atoms with Crippen molar-refractivity contribution in [1.29, 1.82) is 0 Å². The van der Waals surface area contributed by atoms with Crippen molar-refractivity contribution >= 4 is 23.5 Å². The first kappa shape index (κ1) is 11.7. The van der Waals surface area contributed by atoms with Gasteiger partial charge in [0.2, 0.25) is 0 Å². The lowest BCUT2D eigenvalue weighted by atomic mass is 10.3. The first-order chi connectivity index (χ1) is 7.19. The highest BCUT2D eigenvalue weighted by Crippen LogP contribution is 2.13. The van der Waals surface area contributed by atoms with Gasteiger partial charge in [-0.25, -0.2) is 9.97 Å². The first-order valence-electron chi connectivity index (χ1n) is 4.12. The lowest BCUT2D eigenvalue weighted by Gasteiger charge is -2.05. The Kier molecular flexibility index (Phi) is 4.32. The molecule has 0 fully saturated rings. The number of carbonyl (C=O) groups is 1. The third-order valence-corrected chi connectivity index (χ3v) is 2.16. The number of nitrogens with one attached hydrogen (secondary N) is 1. The minimum atomic E-state index is -0.345. The molecule has 0 saturated carbocycles. The van der Waals surface area contributed by atoms with Crippen LogP contribution in [0.1, 0.15) is 10.4 Å². The van der Waals surface area contributed by atoms with Crippen molar-refractivity contribution in [1.82, 2.24) is 15.3 Å². The summed E-state index contributed by atoms with van der Waals surface area (Å²) in [6.07, 6.45) is 3.23. The monoisotopic (exact) mass is 228 g/mol. The number of methoxy groups -OCH3 is 1. The minimum absolute atomic E-state index is 0.128. The molecule has 0 saturated heterocycles. The highest BCUT2D eigenvalue weighted by atomic mass is 32.2. The van der Waals surface area contributed by atoms with Crippen LogP contribution in [0.4, 0.5) is 5.82 Å². The van der Waals surface area contributed by atoms with E-state index >= 15 is 0 Å². The van der Waals surface area contributed by atoms with Gasteiger partial charge in [0.15, 0.2) is 5.16 Å². The molecule has 0 unspecified atom stereocenters. The van der Waals surface area contributed by atoms with E-state index in [0.717, 1.165) is 0 Å². The Morgan fingerprint density at radius 3 is 3.00 bits per heavy atom. The van der Waals surface area contributed by atoms with Gasteiger partial charge in [-0.1, -0.05) is 11.8 Å². The summed E-state index contributed by atoms with van der Waals surface area (Å²) in [5.41, 5.74) is 5.86. The smallest absolute Gasteiger partial charge is 0.258 e. The van der Waals surface area contributed by atoms with E-state index in [2.05, 4.69) is 15.3 Å². The van der Waals surface area contributed by atoms with Crippen LogP contribution in [0.3, 0.4) is 0 Å². The molecule has 7 heteroatoms. The van der Waals surface area contributed by atoms with Crippen molar-refractivity contribution in [2.45, 2.75) is 5.16 Å². The van der Waals surface area contributed by atoms with E-state index in [9.17, 15) is 4.79 Å². The molecule has 1 aromatic heterocycles. The fourth-order valence-corrected chi connectivity index (χ4v) is 1.23. The molecule has 6 nitrogen and oxygen atoms in total. The fraction of sp³-hybridized carbons (Fsp3) is 0.375. The predicted molar refractivity (Wildman–Crippen MR) is 57.6 cm³/mol. The van der Waals surface area contributed by atoms with Gasteiger partial charge in [0.05, 0.1) is 5.56 Å². The van der Waals surface area contributed by atoms with E-state index in [4.69, 9.17) is 10.5 Å². The number of hydrogen-bond donors (Lipinski definition) is 2. The van der Waals surface area contributed by atoms with E-state index in [1.807, 2.05) is 6.26 Å². The fourth-order valence-electron chi connectivity index (χ4n) is 0.884. The van der Waals surface area contributed by atoms with Crippen LogP contribution in [0.15, 0.2) is 11.4 Å². The molecule has 82 valence electrons. The van der Waals surface area contributed by atoms with Crippen molar-refractivity contribution in [3.8, 4) is 0 Å².